The third kappa shape index (κ3) is 5.63. The van der Waals surface area contributed by atoms with Gasteiger partial charge >= 0.3 is 0 Å². The van der Waals surface area contributed by atoms with E-state index in [0.29, 0.717) is 13.0 Å². The van der Waals surface area contributed by atoms with Crippen molar-refractivity contribution in [1.82, 2.24) is 4.90 Å². The first-order valence-electron chi connectivity index (χ1n) is 6.47. The second-order valence-corrected chi connectivity index (χ2v) is 4.67. The molecule has 0 bridgehead atoms. The summed E-state index contributed by atoms with van der Waals surface area (Å²) in [5.41, 5.74) is 8.25. The van der Waals surface area contributed by atoms with Crippen molar-refractivity contribution in [2.24, 2.45) is 5.73 Å². The molecule has 0 amide bonds. The molecule has 108 valence electrons. The average Bonchev–Trinajstić information content (AvgIpc) is 2.36. The molecule has 1 aromatic carbocycles. The topological polar surface area (TPSA) is 49.5 Å². The molecule has 3 nitrogen and oxygen atoms in total. The summed E-state index contributed by atoms with van der Waals surface area (Å²) < 4.78 is 24.7. The van der Waals surface area contributed by atoms with Gasteiger partial charge < -0.3 is 10.8 Å². The molecule has 1 atom stereocenters. The number of aliphatic hydroxyl groups is 1. The van der Waals surface area contributed by atoms with Crippen LogP contribution in [0.15, 0.2) is 24.3 Å². The van der Waals surface area contributed by atoms with Crippen LogP contribution in [0.25, 0.3) is 0 Å². The molecule has 0 aliphatic carbocycles. The molecule has 1 rings (SSSR count). The number of aryl methyl sites for hydroxylation is 1. The molecule has 0 radical (unpaired) electrons. The molecule has 0 fully saturated rings. The minimum atomic E-state index is -2.39. The van der Waals surface area contributed by atoms with E-state index in [2.05, 4.69) is 0 Å². The Labute approximate surface area is 113 Å². The van der Waals surface area contributed by atoms with Crippen LogP contribution in [-0.2, 0) is 0 Å². The van der Waals surface area contributed by atoms with E-state index in [1.165, 1.54) is 0 Å². The zero-order valence-corrected chi connectivity index (χ0v) is 11.2. The van der Waals surface area contributed by atoms with Crippen molar-refractivity contribution < 1.29 is 13.9 Å². The first-order chi connectivity index (χ1) is 9.04. The van der Waals surface area contributed by atoms with Gasteiger partial charge in [0, 0.05) is 19.1 Å². The van der Waals surface area contributed by atoms with E-state index in [1.54, 1.807) is 4.90 Å². The predicted molar refractivity (Wildman–Crippen MR) is 72.3 cm³/mol. The molecule has 0 heterocycles. The maximum atomic E-state index is 12.4. The standard InChI is InChI=1S/C14H22F2N2O/c1-11-4-2-3-5-12(11)13(17)6-7-18(8-9-19)10-14(15)16/h2-5,13-14,19H,6-10,17H2,1H3. The lowest BCUT2D eigenvalue weighted by molar-refractivity contribution is 0.0768. The number of hydrogen-bond donors (Lipinski definition) is 2. The van der Waals surface area contributed by atoms with Crippen molar-refractivity contribution in [3.05, 3.63) is 35.4 Å². The maximum Gasteiger partial charge on any atom is 0.251 e. The van der Waals surface area contributed by atoms with Crippen molar-refractivity contribution in [3.8, 4) is 0 Å². The Morgan fingerprint density at radius 1 is 1.26 bits per heavy atom. The van der Waals surface area contributed by atoms with E-state index in [4.69, 9.17) is 10.8 Å². The summed E-state index contributed by atoms with van der Waals surface area (Å²) in [5, 5.41) is 8.86. The molecular formula is C14H22F2N2O. The van der Waals surface area contributed by atoms with Gasteiger partial charge in [0.15, 0.2) is 0 Å². The monoisotopic (exact) mass is 272 g/mol. The summed E-state index contributed by atoms with van der Waals surface area (Å²) in [6.45, 7) is 2.26. The molecule has 0 spiro atoms. The Bertz CT molecular complexity index is 374. The molecule has 0 aliphatic rings. The van der Waals surface area contributed by atoms with Gasteiger partial charge in [0.2, 0.25) is 0 Å². The average molecular weight is 272 g/mol. The highest BCUT2D eigenvalue weighted by Gasteiger charge is 2.14. The molecule has 1 unspecified atom stereocenters. The summed E-state index contributed by atoms with van der Waals surface area (Å²) in [7, 11) is 0. The summed E-state index contributed by atoms with van der Waals surface area (Å²) in [6.07, 6.45) is -1.79. The smallest absolute Gasteiger partial charge is 0.251 e. The van der Waals surface area contributed by atoms with Gasteiger partial charge in [0.25, 0.3) is 6.43 Å². The molecule has 0 saturated carbocycles. The third-order valence-corrected chi connectivity index (χ3v) is 3.16. The Hall–Kier alpha value is -1.04. The highest BCUT2D eigenvalue weighted by atomic mass is 19.3. The van der Waals surface area contributed by atoms with Crippen LogP contribution in [0.1, 0.15) is 23.6 Å². The zero-order chi connectivity index (χ0) is 14.3. The van der Waals surface area contributed by atoms with E-state index in [1.807, 2.05) is 31.2 Å². The van der Waals surface area contributed by atoms with Crippen molar-refractivity contribution in [3.63, 3.8) is 0 Å². The summed E-state index contributed by atoms with van der Waals surface area (Å²) in [4.78, 5) is 1.54. The molecular weight excluding hydrogens is 250 g/mol. The fraction of sp³-hybridized carbons (Fsp3) is 0.571. The number of alkyl halides is 2. The van der Waals surface area contributed by atoms with Crippen molar-refractivity contribution in [1.29, 1.82) is 0 Å². The van der Waals surface area contributed by atoms with Crippen LogP contribution < -0.4 is 5.73 Å². The first kappa shape index (κ1) is 16.0. The summed E-state index contributed by atoms with van der Waals surface area (Å²) >= 11 is 0. The van der Waals surface area contributed by atoms with Gasteiger partial charge in [-0.25, -0.2) is 8.78 Å². The Morgan fingerprint density at radius 2 is 1.95 bits per heavy atom. The van der Waals surface area contributed by atoms with E-state index < -0.39 is 6.43 Å². The molecule has 0 aromatic heterocycles. The van der Waals surface area contributed by atoms with E-state index in [9.17, 15) is 8.78 Å². The van der Waals surface area contributed by atoms with Gasteiger partial charge in [-0.15, -0.1) is 0 Å². The maximum absolute atomic E-state index is 12.4. The summed E-state index contributed by atoms with van der Waals surface area (Å²) in [6, 6.07) is 7.65. The van der Waals surface area contributed by atoms with Crippen LogP contribution in [0.4, 0.5) is 8.78 Å². The number of hydrogen-bond acceptors (Lipinski definition) is 3. The van der Waals surface area contributed by atoms with Crippen LogP contribution in [0.5, 0.6) is 0 Å². The van der Waals surface area contributed by atoms with Gasteiger partial charge in [-0.05, 0) is 24.5 Å². The highest BCUT2D eigenvalue weighted by molar-refractivity contribution is 5.28. The van der Waals surface area contributed by atoms with E-state index >= 15 is 0 Å². The molecule has 3 N–H and O–H groups in total. The molecule has 1 aromatic rings. The first-order valence-corrected chi connectivity index (χ1v) is 6.47. The second kappa shape index (κ2) is 8.19. The van der Waals surface area contributed by atoms with Gasteiger partial charge in [-0.3, -0.25) is 4.90 Å². The van der Waals surface area contributed by atoms with Crippen LogP contribution in [0.2, 0.25) is 0 Å². The quantitative estimate of drug-likeness (QED) is 0.760. The number of halogens is 2. The molecule has 5 heteroatoms. The highest BCUT2D eigenvalue weighted by Crippen LogP contribution is 2.18. The Balaban J connectivity index is 2.51. The number of aliphatic hydroxyl groups excluding tert-OH is 1. The number of benzene rings is 1. The van der Waals surface area contributed by atoms with E-state index in [-0.39, 0.29) is 25.7 Å². The normalized spacial score (nSPS) is 13.2. The SMILES string of the molecule is Cc1ccccc1C(N)CCN(CCO)CC(F)F. The molecule has 19 heavy (non-hydrogen) atoms. The number of nitrogens with zero attached hydrogens (tertiary/aromatic N) is 1. The lowest BCUT2D eigenvalue weighted by Crippen LogP contribution is -2.34. The van der Waals surface area contributed by atoms with Crippen LogP contribution in [0.3, 0.4) is 0 Å². The third-order valence-electron chi connectivity index (χ3n) is 3.16. The summed E-state index contributed by atoms with van der Waals surface area (Å²) in [5.74, 6) is 0. The fourth-order valence-electron chi connectivity index (χ4n) is 2.11. The zero-order valence-electron chi connectivity index (χ0n) is 11.2. The minimum Gasteiger partial charge on any atom is -0.395 e. The van der Waals surface area contributed by atoms with Gasteiger partial charge in [-0.1, -0.05) is 24.3 Å². The van der Waals surface area contributed by atoms with Crippen LogP contribution in [0, 0.1) is 6.92 Å². The largest absolute Gasteiger partial charge is 0.395 e. The van der Waals surface area contributed by atoms with Gasteiger partial charge in [-0.2, -0.15) is 0 Å². The number of nitrogens with two attached hydrogens (primary N) is 1. The van der Waals surface area contributed by atoms with Crippen molar-refractivity contribution in [2.45, 2.75) is 25.8 Å². The predicted octanol–water partition coefficient (Wildman–Crippen LogP) is 1.94. The van der Waals surface area contributed by atoms with E-state index in [0.717, 1.165) is 11.1 Å². The fourth-order valence-corrected chi connectivity index (χ4v) is 2.11. The van der Waals surface area contributed by atoms with Crippen LogP contribution in [-0.4, -0.2) is 42.7 Å². The van der Waals surface area contributed by atoms with Gasteiger partial charge in [0.05, 0.1) is 13.2 Å². The second-order valence-electron chi connectivity index (χ2n) is 4.67. The molecule has 0 saturated heterocycles. The lowest BCUT2D eigenvalue weighted by Gasteiger charge is -2.23. The minimum absolute atomic E-state index is 0.119. The van der Waals surface area contributed by atoms with Crippen molar-refractivity contribution >= 4 is 0 Å². The van der Waals surface area contributed by atoms with Crippen molar-refractivity contribution in [2.75, 3.05) is 26.2 Å². The Kier molecular flexibility index (Phi) is 6.91. The lowest BCUT2D eigenvalue weighted by atomic mass is 9.99. The Morgan fingerprint density at radius 3 is 2.53 bits per heavy atom. The molecule has 0 aliphatic heterocycles. The number of rotatable bonds is 8. The van der Waals surface area contributed by atoms with Gasteiger partial charge in [0.1, 0.15) is 0 Å². The van der Waals surface area contributed by atoms with Crippen LogP contribution >= 0.6 is 0 Å².